The molecule has 1 saturated heterocycles. The van der Waals surface area contributed by atoms with Crippen molar-refractivity contribution in [1.82, 2.24) is 14.9 Å². The number of benzene rings is 2. The third-order valence-corrected chi connectivity index (χ3v) is 8.57. The quantitative estimate of drug-likeness (QED) is 0.301. The molecule has 0 radical (unpaired) electrons. The van der Waals surface area contributed by atoms with E-state index in [0.717, 1.165) is 28.2 Å². The average molecular weight is 527 g/mol. The Bertz CT molecular complexity index is 1290. The molecule has 3 aromatic rings. The number of carbonyl (C=O) groups excluding carboxylic acids is 2. The number of nitrogen functional groups attached to an aromatic ring is 1. The fraction of sp³-hybridized carbons (Fsp3) is 0.438. The first-order valence-corrected chi connectivity index (χ1v) is 14.1. The second kappa shape index (κ2) is 12.0. The van der Waals surface area contributed by atoms with E-state index in [1.807, 2.05) is 30.6 Å². The van der Waals surface area contributed by atoms with Crippen LogP contribution in [0.15, 0.2) is 54.9 Å². The standard InChI is InChI=1S/C32H38N4O3/c1-3-21-4-6-22(7-5-21)23-8-10-24(11-9-23)27-17-34-31(35-18-27)26-13-12-25(29(33)16-26)14-15-30(37)36-19-28(20-36)32(38)39-2/h8-13,16-18,21-22,28H,3-7,14-15,19-20,33H2,1-2H3. The molecule has 0 bridgehead atoms. The molecule has 2 aromatic carbocycles. The van der Waals surface area contributed by atoms with Crippen molar-refractivity contribution in [2.75, 3.05) is 25.9 Å². The molecular weight excluding hydrogens is 488 g/mol. The molecule has 2 N–H and O–H groups in total. The molecule has 0 spiro atoms. The summed E-state index contributed by atoms with van der Waals surface area (Å²) in [6.45, 7) is 3.16. The highest BCUT2D eigenvalue weighted by atomic mass is 16.5. The summed E-state index contributed by atoms with van der Waals surface area (Å²) in [5, 5.41) is 0. The van der Waals surface area contributed by atoms with Crippen LogP contribution in [-0.2, 0) is 20.7 Å². The number of carbonyl (C=O) groups is 2. The number of nitrogens with zero attached hydrogens (tertiary/aromatic N) is 3. The summed E-state index contributed by atoms with van der Waals surface area (Å²) in [5.74, 6) is 1.77. The van der Waals surface area contributed by atoms with Gasteiger partial charge in [0.15, 0.2) is 5.82 Å². The van der Waals surface area contributed by atoms with Crippen LogP contribution in [0.3, 0.4) is 0 Å². The Kier molecular flexibility index (Phi) is 8.24. The van der Waals surface area contributed by atoms with Gasteiger partial charge in [-0.3, -0.25) is 9.59 Å². The van der Waals surface area contributed by atoms with E-state index in [9.17, 15) is 9.59 Å². The van der Waals surface area contributed by atoms with Crippen molar-refractivity contribution in [3.8, 4) is 22.5 Å². The molecule has 2 fully saturated rings. The maximum Gasteiger partial charge on any atom is 0.312 e. The number of anilines is 1. The SMILES string of the molecule is CCC1CCC(c2ccc(-c3cnc(-c4ccc(CCC(=O)N5CC(C(=O)OC)C5)c(N)c4)nc3)cc2)CC1. The zero-order valence-corrected chi connectivity index (χ0v) is 22.9. The minimum Gasteiger partial charge on any atom is -0.469 e. The van der Waals surface area contributed by atoms with Crippen molar-refractivity contribution in [3.05, 3.63) is 66.0 Å². The second-order valence-corrected chi connectivity index (χ2v) is 11.0. The zero-order chi connectivity index (χ0) is 27.4. The van der Waals surface area contributed by atoms with E-state index < -0.39 is 0 Å². The van der Waals surface area contributed by atoms with E-state index in [1.165, 1.54) is 44.8 Å². The van der Waals surface area contributed by atoms with Gasteiger partial charge in [0.25, 0.3) is 0 Å². The van der Waals surface area contributed by atoms with Gasteiger partial charge < -0.3 is 15.4 Å². The number of likely N-dealkylation sites (tertiary alicyclic amines) is 1. The Balaban J connectivity index is 1.16. The molecule has 2 aliphatic rings. The number of aryl methyl sites for hydroxylation is 1. The molecule has 7 heteroatoms. The molecule has 7 nitrogen and oxygen atoms in total. The Morgan fingerprint density at radius 2 is 1.62 bits per heavy atom. The van der Waals surface area contributed by atoms with Gasteiger partial charge in [-0.1, -0.05) is 49.7 Å². The molecular formula is C32H38N4O3. The van der Waals surface area contributed by atoms with Crippen molar-refractivity contribution >= 4 is 17.6 Å². The maximum atomic E-state index is 12.4. The van der Waals surface area contributed by atoms with Crippen LogP contribution in [0.4, 0.5) is 5.69 Å². The summed E-state index contributed by atoms with van der Waals surface area (Å²) in [6.07, 6.45) is 11.2. The second-order valence-electron chi connectivity index (χ2n) is 11.0. The Morgan fingerprint density at radius 1 is 0.949 bits per heavy atom. The fourth-order valence-electron chi connectivity index (χ4n) is 5.84. The monoisotopic (exact) mass is 526 g/mol. The van der Waals surface area contributed by atoms with Crippen molar-refractivity contribution in [2.24, 2.45) is 11.8 Å². The Morgan fingerprint density at radius 3 is 2.23 bits per heavy atom. The molecule has 204 valence electrons. The third kappa shape index (κ3) is 6.13. The van der Waals surface area contributed by atoms with Gasteiger partial charge in [-0.25, -0.2) is 9.97 Å². The first kappa shape index (κ1) is 26.9. The lowest BCUT2D eigenvalue weighted by atomic mass is 9.78. The molecule has 39 heavy (non-hydrogen) atoms. The number of nitrogens with two attached hydrogens (primary N) is 1. The predicted octanol–water partition coefficient (Wildman–Crippen LogP) is 5.64. The molecule has 1 aliphatic carbocycles. The van der Waals surface area contributed by atoms with Crippen LogP contribution in [0.1, 0.15) is 62.5 Å². The van der Waals surface area contributed by atoms with E-state index in [4.69, 9.17) is 10.5 Å². The normalized spacial score (nSPS) is 19.4. The van der Waals surface area contributed by atoms with E-state index >= 15 is 0 Å². The van der Waals surface area contributed by atoms with E-state index in [2.05, 4.69) is 41.2 Å². The number of amides is 1. The van der Waals surface area contributed by atoms with Crippen LogP contribution in [-0.4, -0.2) is 46.9 Å². The van der Waals surface area contributed by atoms with Crippen molar-refractivity contribution in [2.45, 2.75) is 57.8 Å². The molecule has 1 saturated carbocycles. The van der Waals surface area contributed by atoms with Crippen LogP contribution in [0, 0.1) is 11.8 Å². The molecule has 1 aromatic heterocycles. The lowest BCUT2D eigenvalue weighted by Gasteiger charge is -2.37. The van der Waals surface area contributed by atoms with Crippen LogP contribution in [0.25, 0.3) is 22.5 Å². The largest absolute Gasteiger partial charge is 0.469 e. The van der Waals surface area contributed by atoms with Gasteiger partial charge in [-0.2, -0.15) is 0 Å². The maximum absolute atomic E-state index is 12.4. The van der Waals surface area contributed by atoms with E-state index in [1.54, 1.807) is 4.90 Å². The fourth-order valence-corrected chi connectivity index (χ4v) is 5.84. The highest BCUT2D eigenvalue weighted by molar-refractivity contribution is 5.82. The molecule has 1 amide bonds. The highest BCUT2D eigenvalue weighted by Crippen LogP contribution is 2.37. The van der Waals surface area contributed by atoms with Gasteiger partial charge in [0.1, 0.15) is 0 Å². The number of aromatic nitrogens is 2. The van der Waals surface area contributed by atoms with Gasteiger partial charge >= 0.3 is 5.97 Å². The van der Waals surface area contributed by atoms with E-state index in [-0.39, 0.29) is 17.8 Å². The smallest absolute Gasteiger partial charge is 0.312 e. The van der Waals surface area contributed by atoms with Crippen molar-refractivity contribution in [1.29, 1.82) is 0 Å². The van der Waals surface area contributed by atoms with Crippen molar-refractivity contribution in [3.63, 3.8) is 0 Å². The minimum absolute atomic E-state index is 0.0226. The summed E-state index contributed by atoms with van der Waals surface area (Å²) in [4.78, 5) is 34.9. The van der Waals surface area contributed by atoms with Gasteiger partial charge in [0.05, 0.1) is 13.0 Å². The third-order valence-electron chi connectivity index (χ3n) is 8.57. The Labute approximate surface area is 230 Å². The molecule has 5 rings (SSSR count). The number of ether oxygens (including phenoxy) is 1. The Hall–Kier alpha value is -3.74. The van der Waals surface area contributed by atoms with Crippen LogP contribution in [0.2, 0.25) is 0 Å². The lowest BCUT2D eigenvalue weighted by molar-refractivity contribution is -0.155. The van der Waals surface area contributed by atoms with Crippen molar-refractivity contribution < 1.29 is 14.3 Å². The summed E-state index contributed by atoms with van der Waals surface area (Å²) in [6, 6.07) is 14.7. The zero-order valence-electron chi connectivity index (χ0n) is 22.9. The van der Waals surface area contributed by atoms with Gasteiger partial charge in [-0.15, -0.1) is 0 Å². The van der Waals surface area contributed by atoms with Gasteiger partial charge in [-0.05, 0) is 66.7 Å². The average Bonchev–Trinajstić information content (AvgIpc) is 2.96. The summed E-state index contributed by atoms with van der Waals surface area (Å²) in [5.41, 5.74) is 12.2. The number of hydrogen-bond acceptors (Lipinski definition) is 6. The lowest BCUT2D eigenvalue weighted by Crippen LogP contribution is -2.53. The molecule has 0 atom stereocenters. The molecule has 1 aliphatic heterocycles. The number of hydrogen-bond donors (Lipinski definition) is 1. The molecule has 2 heterocycles. The predicted molar refractivity (Wildman–Crippen MR) is 153 cm³/mol. The van der Waals surface area contributed by atoms with Crippen LogP contribution < -0.4 is 5.73 Å². The van der Waals surface area contributed by atoms with E-state index in [0.29, 0.717) is 43.4 Å². The first-order chi connectivity index (χ1) is 18.9. The number of esters is 1. The first-order valence-electron chi connectivity index (χ1n) is 14.1. The van der Waals surface area contributed by atoms with Gasteiger partial charge in [0.2, 0.25) is 5.91 Å². The highest BCUT2D eigenvalue weighted by Gasteiger charge is 2.36. The van der Waals surface area contributed by atoms with Crippen LogP contribution in [0.5, 0.6) is 0 Å². The summed E-state index contributed by atoms with van der Waals surface area (Å²) < 4.78 is 4.73. The minimum atomic E-state index is -0.258. The molecule has 0 unspecified atom stereocenters. The number of rotatable bonds is 8. The van der Waals surface area contributed by atoms with Crippen LogP contribution >= 0.6 is 0 Å². The summed E-state index contributed by atoms with van der Waals surface area (Å²) >= 11 is 0. The summed E-state index contributed by atoms with van der Waals surface area (Å²) in [7, 11) is 1.37. The number of methoxy groups -OCH3 is 1. The van der Waals surface area contributed by atoms with Gasteiger partial charge in [0, 0.05) is 48.7 Å². The topological polar surface area (TPSA) is 98.4 Å².